The van der Waals surface area contributed by atoms with Gasteiger partial charge in [-0.3, -0.25) is 4.98 Å². The lowest BCUT2D eigenvalue weighted by Gasteiger charge is -2.10. The molecule has 0 amide bonds. The molecule has 5 aromatic rings. The first-order valence-corrected chi connectivity index (χ1v) is 11.2. The molecule has 0 saturated carbocycles. The first kappa shape index (κ1) is 22.3. The van der Waals surface area contributed by atoms with E-state index >= 15 is 4.39 Å². The zero-order chi connectivity index (χ0) is 24.2. The molecule has 9 heteroatoms. The van der Waals surface area contributed by atoms with Gasteiger partial charge in [0.1, 0.15) is 17.4 Å². The lowest BCUT2D eigenvalue weighted by Crippen LogP contribution is -2.09. The van der Waals surface area contributed by atoms with Gasteiger partial charge < -0.3 is 15.8 Å². The minimum atomic E-state index is -0.473. The molecule has 0 bridgehead atoms. The SMILES string of the molecule is COc1ccc(-c2nc(NCCc3ccccn3)nc3nn(Cc4ccccc4)c(N)c23)c(F)c1. The molecular weight excluding hydrogens is 445 g/mol. The summed E-state index contributed by atoms with van der Waals surface area (Å²) in [6.45, 7) is 1.00. The number of fused-ring (bicyclic) bond motifs is 1. The van der Waals surface area contributed by atoms with Crippen LogP contribution in [-0.2, 0) is 13.0 Å². The number of nitrogens with two attached hydrogens (primary N) is 1. The average Bonchev–Trinajstić information content (AvgIpc) is 3.19. The van der Waals surface area contributed by atoms with Gasteiger partial charge in [-0.15, -0.1) is 5.10 Å². The Labute approximate surface area is 201 Å². The van der Waals surface area contributed by atoms with Crippen molar-refractivity contribution in [3.63, 3.8) is 0 Å². The molecule has 5 rings (SSSR count). The van der Waals surface area contributed by atoms with E-state index in [4.69, 9.17) is 10.5 Å². The number of ether oxygens (including phenoxy) is 1. The van der Waals surface area contributed by atoms with Gasteiger partial charge in [0.15, 0.2) is 5.65 Å². The fraction of sp³-hybridized carbons (Fsp3) is 0.154. The molecule has 8 nitrogen and oxygen atoms in total. The Morgan fingerprint density at radius 1 is 1.03 bits per heavy atom. The molecule has 3 aromatic heterocycles. The number of rotatable bonds is 8. The van der Waals surface area contributed by atoms with Crippen LogP contribution in [-0.4, -0.2) is 38.4 Å². The van der Waals surface area contributed by atoms with Gasteiger partial charge in [-0.05, 0) is 29.8 Å². The highest BCUT2D eigenvalue weighted by molar-refractivity contribution is 5.99. The molecule has 0 spiro atoms. The standard InChI is InChI=1S/C26H24FN7O/c1-35-19-10-11-20(21(27)15-19)23-22-24(28)34(16-17-7-3-2-4-8-17)33-25(22)32-26(31-23)30-14-12-18-9-5-6-13-29-18/h2-11,13,15H,12,14,16,28H2,1H3,(H,30,32,33). The highest BCUT2D eigenvalue weighted by Gasteiger charge is 2.21. The molecule has 0 aliphatic heterocycles. The number of hydrogen-bond donors (Lipinski definition) is 2. The summed E-state index contributed by atoms with van der Waals surface area (Å²) in [6.07, 6.45) is 2.43. The molecule has 0 aliphatic carbocycles. The van der Waals surface area contributed by atoms with Crippen LogP contribution in [0.1, 0.15) is 11.3 Å². The molecule has 0 unspecified atom stereocenters. The van der Waals surface area contributed by atoms with E-state index in [0.717, 1.165) is 11.3 Å². The summed E-state index contributed by atoms with van der Waals surface area (Å²) in [5.74, 6) is 0.647. The Bertz CT molecular complexity index is 1460. The number of halogens is 1. The molecule has 3 N–H and O–H groups in total. The molecule has 0 saturated heterocycles. The van der Waals surface area contributed by atoms with Crippen molar-refractivity contribution in [3.8, 4) is 17.0 Å². The van der Waals surface area contributed by atoms with Crippen LogP contribution in [0.5, 0.6) is 5.75 Å². The zero-order valence-electron chi connectivity index (χ0n) is 19.1. The Kier molecular flexibility index (Phi) is 6.21. The van der Waals surface area contributed by atoms with E-state index in [2.05, 4.69) is 25.4 Å². The maximum Gasteiger partial charge on any atom is 0.225 e. The Balaban J connectivity index is 1.55. The number of methoxy groups -OCH3 is 1. The molecule has 35 heavy (non-hydrogen) atoms. The van der Waals surface area contributed by atoms with Gasteiger partial charge >= 0.3 is 0 Å². The smallest absolute Gasteiger partial charge is 0.225 e. The van der Waals surface area contributed by atoms with E-state index in [1.54, 1.807) is 23.0 Å². The van der Waals surface area contributed by atoms with Gasteiger partial charge in [-0.25, -0.2) is 14.1 Å². The highest BCUT2D eigenvalue weighted by Crippen LogP contribution is 2.34. The quantitative estimate of drug-likeness (QED) is 0.349. The second-order valence-electron chi connectivity index (χ2n) is 7.97. The first-order chi connectivity index (χ1) is 17.1. The number of pyridine rings is 1. The van der Waals surface area contributed by atoms with E-state index in [-0.39, 0.29) is 5.56 Å². The Hall–Kier alpha value is -4.53. The van der Waals surface area contributed by atoms with Crippen LogP contribution >= 0.6 is 0 Å². The summed E-state index contributed by atoms with van der Waals surface area (Å²) in [7, 11) is 1.49. The van der Waals surface area contributed by atoms with Gasteiger partial charge in [0.25, 0.3) is 0 Å². The average molecular weight is 470 g/mol. The summed E-state index contributed by atoms with van der Waals surface area (Å²) >= 11 is 0. The van der Waals surface area contributed by atoms with Crippen LogP contribution < -0.4 is 15.8 Å². The molecular formula is C26H24FN7O. The number of hydrogen-bond acceptors (Lipinski definition) is 7. The number of aromatic nitrogens is 5. The van der Waals surface area contributed by atoms with E-state index in [0.29, 0.717) is 53.8 Å². The summed E-state index contributed by atoms with van der Waals surface area (Å²) in [4.78, 5) is 13.6. The van der Waals surface area contributed by atoms with Crippen LogP contribution in [0, 0.1) is 5.82 Å². The third-order valence-electron chi connectivity index (χ3n) is 5.64. The molecule has 2 aromatic carbocycles. The fourth-order valence-corrected chi connectivity index (χ4v) is 3.87. The normalized spacial score (nSPS) is 11.0. The number of nitrogens with one attached hydrogen (secondary N) is 1. The van der Waals surface area contributed by atoms with Gasteiger partial charge in [0.2, 0.25) is 5.95 Å². The van der Waals surface area contributed by atoms with Crippen LogP contribution in [0.2, 0.25) is 0 Å². The fourth-order valence-electron chi connectivity index (χ4n) is 3.87. The Morgan fingerprint density at radius 3 is 2.60 bits per heavy atom. The van der Waals surface area contributed by atoms with Crippen LogP contribution in [0.3, 0.4) is 0 Å². The lowest BCUT2D eigenvalue weighted by atomic mass is 10.1. The second kappa shape index (κ2) is 9.76. The summed E-state index contributed by atoms with van der Waals surface area (Å²) in [5.41, 5.74) is 9.52. The van der Waals surface area contributed by atoms with Gasteiger partial charge in [0, 0.05) is 36.5 Å². The van der Waals surface area contributed by atoms with Crippen molar-refractivity contribution < 1.29 is 9.13 Å². The van der Waals surface area contributed by atoms with Gasteiger partial charge in [0.05, 0.1) is 24.7 Å². The van der Waals surface area contributed by atoms with Crippen LogP contribution in [0.25, 0.3) is 22.3 Å². The molecule has 0 atom stereocenters. The van der Waals surface area contributed by atoms with E-state index in [1.807, 2.05) is 48.5 Å². The highest BCUT2D eigenvalue weighted by atomic mass is 19.1. The van der Waals surface area contributed by atoms with Crippen molar-refractivity contribution in [1.82, 2.24) is 24.7 Å². The Morgan fingerprint density at radius 2 is 1.86 bits per heavy atom. The molecule has 0 fully saturated rings. The van der Waals surface area contributed by atoms with E-state index in [9.17, 15) is 0 Å². The number of nitrogens with zero attached hydrogens (tertiary/aromatic N) is 5. The zero-order valence-corrected chi connectivity index (χ0v) is 19.1. The predicted octanol–water partition coefficient (Wildman–Crippen LogP) is 4.32. The molecule has 0 radical (unpaired) electrons. The molecule has 3 heterocycles. The van der Waals surface area contributed by atoms with Crippen molar-refractivity contribution in [2.24, 2.45) is 0 Å². The van der Waals surface area contributed by atoms with Gasteiger partial charge in [-0.2, -0.15) is 4.98 Å². The predicted molar refractivity (Wildman–Crippen MR) is 134 cm³/mol. The van der Waals surface area contributed by atoms with Crippen molar-refractivity contribution in [3.05, 3.63) is 90.0 Å². The lowest BCUT2D eigenvalue weighted by molar-refractivity contribution is 0.411. The number of anilines is 2. The maximum absolute atomic E-state index is 15.1. The minimum Gasteiger partial charge on any atom is -0.497 e. The second-order valence-corrected chi connectivity index (χ2v) is 7.97. The monoisotopic (exact) mass is 469 g/mol. The van der Waals surface area contributed by atoms with Gasteiger partial charge in [-0.1, -0.05) is 36.4 Å². The van der Waals surface area contributed by atoms with Crippen LogP contribution in [0.4, 0.5) is 16.2 Å². The summed E-state index contributed by atoms with van der Waals surface area (Å²) < 4.78 is 21.9. The van der Waals surface area contributed by atoms with Crippen molar-refractivity contribution in [2.45, 2.75) is 13.0 Å². The minimum absolute atomic E-state index is 0.289. The topological polar surface area (TPSA) is 104 Å². The van der Waals surface area contributed by atoms with Crippen LogP contribution in [0.15, 0.2) is 72.9 Å². The molecule has 0 aliphatic rings. The maximum atomic E-state index is 15.1. The third-order valence-corrected chi connectivity index (χ3v) is 5.64. The number of nitrogen functional groups attached to an aromatic ring is 1. The van der Waals surface area contributed by atoms with E-state index in [1.165, 1.54) is 13.2 Å². The van der Waals surface area contributed by atoms with Crippen molar-refractivity contribution in [2.75, 3.05) is 24.7 Å². The van der Waals surface area contributed by atoms with Crippen molar-refractivity contribution in [1.29, 1.82) is 0 Å². The third kappa shape index (κ3) is 4.74. The largest absolute Gasteiger partial charge is 0.497 e. The van der Waals surface area contributed by atoms with Crippen molar-refractivity contribution >= 4 is 22.8 Å². The van der Waals surface area contributed by atoms with E-state index < -0.39 is 5.82 Å². The first-order valence-electron chi connectivity index (χ1n) is 11.2. The summed E-state index contributed by atoms with van der Waals surface area (Å²) in [6, 6.07) is 20.2. The summed E-state index contributed by atoms with van der Waals surface area (Å²) in [5, 5.41) is 8.34. The molecule has 176 valence electrons. The number of benzene rings is 2.